The highest BCUT2D eigenvalue weighted by molar-refractivity contribution is 7.15. The maximum absolute atomic E-state index is 13.7. The molecule has 1 unspecified atom stereocenters. The number of terminal acetylenes is 1. The minimum Gasteiger partial charge on any atom is -0.494 e. The van der Waals surface area contributed by atoms with Crippen molar-refractivity contribution in [2.24, 2.45) is 5.92 Å². The molecule has 0 radical (unpaired) electrons. The maximum Gasteiger partial charge on any atom is 0.410 e. The number of carbonyl (C=O) groups is 3. The third-order valence-electron chi connectivity index (χ3n) is 7.84. The molecule has 3 aromatic rings. The van der Waals surface area contributed by atoms with E-state index >= 15 is 0 Å². The van der Waals surface area contributed by atoms with E-state index in [0.29, 0.717) is 17.8 Å². The third kappa shape index (κ3) is 5.01. The Morgan fingerprint density at radius 1 is 1.16 bits per heavy atom. The topological polar surface area (TPSA) is 140 Å². The van der Waals surface area contributed by atoms with E-state index in [0.717, 1.165) is 18.7 Å². The first-order valence-corrected chi connectivity index (χ1v) is 14.1. The Hall–Kier alpha value is -4.71. The molecule has 0 bridgehead atoms. The van der Waals surface area contributed by atoms with Gasteiger partial charge in [0.1, 0.15) is 27.8 Å². The fourth-order valence-electron chi connectivity index (χ4n) is 5.28. The number of amides is 3. The third-order valence-corrected chi connectivity index (χ3v) is 8.81. The van der Waals surface area contributed by atoms with Gasteiger partial charge in [-0.1, -0.05) is 11.3 Å². The number of nitrogens with zero attached hydrogens (tertiary/aromatic N) is 6. The van der Waals surface area contributed by atoms with Crippen LogP contribution in [0.5, 0.6) is 5.75 Å². The van der Waals surface area contributed by atoms with Crippen molar-refractivity contribution in [3.8, 4) is 29.2 Å². The molecule has 3 aliphatic rings. The van der Waals surface area contributed by atoms with Crippen LogP contribution in [0.15, 0.2) is 24.5 Å². The molecule has 2 aliphatic carbocycles. The SMILES string of the molecule is C#C[C@H]1CC1c1nnc(NC(=O)c2cnc(N3CCN(C(=O)OC)C4(CC4)C3=O)cc2-c2cc(C(F)F)ncc2OC)s1. The molecular weight excluding hydrogens is 584 g/mol. The number of piperazine rings is 1. The first kappa shape index (κ1) is 28.4. The van der Waals surface area contributed by atoms with Crippen LogP contribution < -0.4 is 15.0 Å². The second-order valence-corrected chi connectivity index (χ2v) is 11.3. The van der Waals surface area contributed by atoms with Crippen molar-refractivity contribution in [3.05, 3.63) is 40.8 Å². The van der Waals surface area contributed by atoms with Gasteiger partial charge in [-0.25, -0.2) is 18.6 Å². The standard InChI is InChI=1S/C28H25F2N7O5S/c1-4-14-9-15(14)24-34-35-26(43-24)33-23(38)18-12-32-21(11-16(18)17-10-19(22(29)30)31-13-20(17)41-2)36-7-8-37(27(40)42-3)28(5-6-28)25(36)39/h1,10-15,22H,5-9H2,2-3H3,(H,33,35,38)/t14-,15?/m0/s1. The van der Waals surface area contributed by atoms with Gasteiger partial charge < -0.3 is 9.47 Å². The van der Waals surface area contributed by atoms with Crippen LogP contribution >= 0.6 is 11.3 Å². The van der Waals surface area contributed by atoms with Gasteiger partial charge in [0.05, 0.1) is 26.0 Å². The largest absolute Gasteiger partial charge is 0.494 e. The molecule has 3 aromatic heterocycles. The van der Waals surface area contributed by atoms with E-state index < -0.39 is 29.7 Å². The average Bonchev–Trinajstić information content (AvgIpc) is 3.94. The fraction of sp³-hybridized carbons (Fsp3) is 0.393. The van der Waals surface area contributed by atoms with Crippen molar-refractivity contribution >= 4 is 40.2 Å². The Kier molecular flexibility index (Phi) is 7.17. The summed E-state index contributed by atoms with van der Waals surface area (Å²) in [5.74, 6) is 2.22. The highest BCUT2D eigenvalue weighted by Crippen LogP contribution is 2.49. The number of alkyl halides is 2. The van der Waals surface area contributed by atoms with E-state index in [1.165, 1.54) is 47.6 Å². The van der Waals surface area contributed by atoms with Crippen LogP contribution in [-0.4, -0.2) is 75.8 Å². The molecule has 3 fully saturated rings. The summed E-state index contributed by atoms with van der Waals surface area (Å²) < 4.78 is 37.7. The zero-order chi connectivity index (χ0) is 30.5. The van der Waals surface area contributed by atoms with Crippen molar-refractivity contribution < 1.29 is 32.6 Å². The Morgan fingerprint density at radius 3 is 2.60 bits per heavy atom. The summed E-state index contributed by atoms with van der Waals surface area (Å²) in [6.07, 6.45) is 6.15. The number of hydrogen-bond acceptors (Lipinski definition) is 10. The number of halogens is 2. The highest BCUT2D eigenvalue weighted by atomic mass is 32.1. The molecule has 6 rings (SSSR count). The number of ether oxygens (including phenoxy) is 2. The zero-order valence-corrected chi connectivity index (χ0v) is 23.9. The Bertz CT molecular complexity index is 1670. The lowest BCUT2D eigenvalue weighted by Crippen LogP contribution is -2.61. The van der Waals surface area contributed by atoms with Crippen LogP contribution in [0.4, 0.5) is 24.5 Å². The second kappa shape index (κ2) is 10.8. The monoisotopic (exact) mass is 609 g/mol. The average molecular weight is 610 g/mol. The van der Waals surface area contributed by atoms with Crippen LogP contribution in [0.3, 0.4) is 0 Å². The van der Waals surface area contributed by atoms with Crippen molar-refractivity contribution in [1.82, 2.24) is 25.1 Å². The van der Waals surface area contributed by atoms with Crippen LogP contribution in [0.25, 0.3) is 11.1 Å². The van der Waals surface area contributed by atoms with Crippen molar-refractivity contribution in [2.75, 3.05) is 37.5 Å². The van der Waals surface area contributed by atoms with E-state index in [1.54, 1.807) is 0 Å². The molecule has 1 saturated heterocycles. The van der Waals surface area contributed by atoms with E-state index in [9.17, 15) is 23.2 Å². The van der Waals surface area contributed by atoms with E-state index in [-0.39, 0.29) is 64.2 Å². The van der Waals surface area contributed by atoms with Gasteiger partial charge in [0.25, 0.3) is 18.2 Å². The second-order valence-electron chi connectivity index (χ2n) is 10.3. The van der Waals surface area contributed by atoms with E-state index in [2.05, 4.69) is 31.4 Å². The lowest BCUT2D eigenvalue weighted by molar-refractivity contribution is -0.126. The summed E-state index contributed by atoms with van der Waals surface area (Å²) in [6.45, 7) is 0.309. The van der Waals surface area contributed by atoms with Gasteiger partial charge in [0.2, 0.25) is 5.13 Å². The van der Waals surface area contributed by atoms with Crippen molar-refractivity contribution in [3.63, 3.8) is 0 Å². The quantitative estimate of drug-likeness (QED) is 0.395. The lowest BCUT2D eigenvalue weighted by atomic mass is 9.99. The molecule has 222 valence electrons. The molecular formula is C28H25F2N7O5S. The molecule has 15 heteroatoms. The molecule has 1 N–H and O–H groups in total. The number of carbonyl (C=O) groups excluding carboxylic acids is 3. The molecule has 4 heterocycles. The summed E-state index contributed by atoms with van der Waals surface area (Å²) in [5.41, 5.74) is -1.22. The summed E-state index contributed by atoms with van der Waals surface area (Å²) in [4.78, 5) is 50.5. The smallest absolute Gasteiger partial charge is 0.410 e. The Balaban J connectivity index is 1.38. The van der Waals surface area contributed by atoms with Gasteiger partial charge in [0, 0.05) is 42.2 Å². The number of methoxy groups -OCH3 is 2. The zero-order valence-electron chi connectivity index (χ0n) is 23.0. The van der Waals surface area contributed by atoms with E-state index in [1.807, 2.05) is 0 Å². The van der Waals surface area contributed by atoms with Crippen molar-refractivity contribution in [2.45, 2.75) is 37.1 Å². The molecule has 2 saturated carbocycles. The van der Waals surface area contributed by atoms with Crippen molar-refractivity contribution in [1.29, 1.82) is 0 Å². The maximum atomic E-state index is 13.7. The number of hydrogen-bond donors (Lipinski definition) is 1. The lowest BCUT2D eigenvalue weighted by Gasteiger charge is -2.39. The molecule has 43 heavy (non-hydrogen) atoms. The number of nitrogens with one attached hydrogen (secondary N) is 1. The predicted octanol–water partition coefficient (Wildman–Crippen LogP) is 3.88. The van der Waals surface area contributed by atoms with Gasteiger partial charge >= 0.3 is 6.09 Å². The normalized spacial score (nSPS) is 20.1. The number of rotatable bonds is 7. The number of aromatic nitrogens is 4. The van der Waals surface area contributed by atoms with Crippen LogP contribution in [0.2, 0.25) is 0 Å². The highest BCUT2D eigenvalue weighted by Gasteiger charge is 2.61. The molecule has 3 amide bonds. The fourth-order valence-corrected chi connectivity index (χ4v) is 6.19. The Labute approximate surface area is 248 Å². The van der Waals surface area contributed by atoms with Gasteiger partial charge in [-0.3, -0.25) is 29.7 Å². The summed E-state index contributed by atoms with van der Waals surface area (Å²) in [6, 6.07) is 2.60. The Morgan fingerprint density at radius 2 is 1.95 bits per heavy atom. The van der Waals surface area contributed by atoms with Gasteiger partial charge in [0.15, 0.2) is 0 Å². The van der Waals surface area contributed by atoms with Gasteiger partial charge in [-0.2, -0.15) is 0 Å². The first-order chi connectivity index (χ1) is 20.7. The minimum atomic E-state index is -2.89. The summed E-state index contributed by atoms with van der Waals surface area (Å²) in [5, 5.41) is 11.8. The van der Waals surface area contributed by atoms with E-state index in [4.69, 9.17) is 15.9 Å². The summed E-state index contributed by atoms with van der Waals surface area (Å²) >= 11 is 1.20. The number of anilines is 2. The van der Waals surface area contributed by atoms with Crippen LogP contribution in [-0.2, 0) is 9.53 Å². The van der Waals surface area contributed by atoms with Gasteiger partial charge in [-0.15, -0.1) is 22.5 Å². The molecule has 12 nitrogen and oxygen atoms in total. The minimum absolute atomic E-state index is 0.0138. The molecule has 1 aliphatic heterocycles. The predicted molar refractivity (Wildman–Crippen MR) is 150 cm³/mol. The number of pyridine rings is 2. The first-order valence-electron chi connectivity index (χ1n) is 13.3. The molecule has 1 spiro atoms. The van der Waals surface area contributed by atoms with Gasteiger partial charge in [-0.05, 0) is 31.4 Å². The van der Waals surface area contributed by atoms with Crippen LogP contribution in [0, 0.1) is 18.3 Å². The summed E-state index contributed by atoms with van der Waals surface area (Å²) in [7, 11) is 2.60. The molecule has 0 aromatic carbocycles. The molecule has 2 atom stereocenters. The van der Waals surface area contributed by atoms with Crippen LogP contribution in [0.1, 0.15) is 52.7 Å².